The fourth-order valence-corrected chi connectivity index (χ4v) is 1.24. The quantitative estimate of drug-likeness (QED) is 0.428. The summed E-state index contributed by atoms with van der Waals surface area (Å²) >= 11 is 11.4. The minimum Gasteiger partial charge on any atom is -0.315 e. The van der Waals surface area contributed by atoms with Gasteiger partial charge in [-0.15, -0.1) is 0 Å². The second kappa shape index (κ2) is 3.93. The van der Waals surface area contributed by atoms with Crippen molar-refractivity contribution in [3.8, 4) is 0 Å². The van der Waals surface area contributed by atoms with E-state index in [0.717, 1.165) is 0 Å². The van der Waals surface area contributed by atoms with E-state index in [1.165, 1.54) is 0 Å². The number of benzene rings is 1. The van der Waals surface area contributed by atoms with Crippen LogP contribution in [0.5, 0.6) is 0 Å². The summed E-state index contributed by atoms with van der Waals surface area (Å²) in [6.45, 7) is 0. The molecule has 0 bridgehead atoms. The molecule has 0 aliphatic rings. The summed E-state index contributed by atoms with van der Waals surface area (Å²) < 4.78 is 0. The van der Waals surface area contributed by atoms with Gasteiger partial charge < -0.3 is 5.21 Å². The SMILES string of the molecule is ONC(Cl)c1ccccc1Cl. The molecule has 0 saturated heterocycles. The molecule has 0 heterocycles. The van der Waals surface area contributed by atoms with Crippen molar-refractivity contribution in [1.29, 1.82) is 0 Å². The fourth-order valence-electron chi connectivity index (χ4n) is 0.750. The molecule has 1 atom stereocenters. The molecule has 2 N–H and O–H groups in total. The van der Waals surface area contributed by atoms with Gasteiger partial charge in [-0.3, -0.25) is 0 Å². The summed E-state index contributed by atoms with van der Waals surface area (Å²) in [7, 11) is 0. The van der Waals surface area contributed by atoms with Crippen LogP contribution in [0, 0.1) is 0 Å². The van der Waals surface area contributed by atoms with Crippen molar-refractivity contribution in [2.24, 2.45) is 0 Å². The highest BCUT2D eigenvalue weighted by Gasteiger charge is 2.08. The topological polar surface area (TPSA) is 32.3 Å². The predicted molar refractivity (Wildman–Crippen MR) is 45.0 cm³/mol. The second-order valence-electron chi connectivity index (χ2n) is 2.01. The maximum absolute atomic E-state index is 8.47. The molecule has 11 heavy (non-hydrogen) atoms. The van der Waals surface area contributed by atoms with Gasteiger partial charge in [-0.1, -0.05) is 41.4 Å². The summed E-state index contributed by atoms with van der Waals surface area (Å²) in [5.74, 6) is 0. The van der Waals surface area contributed by atoms with Gasteiger partial charge in [0.15, 0.2) is 0 Å². The molecule has 0 fully saturated rings. The van der Waals surface area contributed by atoms with E-state index in [1.807, 2.05) is 5.48 Å². The van der Waals surface area contributed by atoms with Gasteiger partial charge in [0.1, 0.15) is 5.50 Å². The van der Waals surface area contributed by atoms with E-state index in [2.05, 4.69) is 0 Å². The lowest BCUT2D eigenvalue weighted by atomic mass is 10.2. The lowest BCUT2D eigenvalue weighted by molar-refractivity contribution is 0.155. The first-order valence-electron chi connectivity index (χ1n) is 3.04. The summed E-state index contributed by atoms with van der Waals surface area (Å²) in [5.41, 5.74) is 1.92. The lowest BCUT2D eigenvalue weighted by Crippen LogP contribution is -2.10. The van der Waals surface area contributed by atoms with Crippen molar-refractivity contribution in [1.82, 2.24) is 5.48 Å². The Morgan fingerprint density at radius 1 is 1.36 bits per heavy atom. The van der Waals surface area contributed by atoms with Gasteiger partial charge in [-0.05, 0) is 6.07 Å². The molecule has 2 nitrogen and oxygen atoms in total. The molecule has 1 unspecified atom stereocenters. The molecule has 60 valence electrons. The number of rotatable bonds is 2. The van der Waals surface area contributed by atoms with Crippen molar-refractivity contribution in [3.63, 3.8) is 0 Å². The van der Waals surface area contributed by atoms with Crippen LogP contribution in [-0.2, 0) is 0 Å². The maximum atomic E-state index is 8.47. The Labute approximate surface area is 74.7 Å². The summed E-state index contributed by atoms with van der Waals surface area (Å²) in [6.07, 6.45) is 0. The molecule has 0 saturated carbocycles. The largest absolute Gasteiger partial charge is 0.315 e. The van der Waals surface area contributed by atoms with Crippen molar-refractivity contribution >= 4 is 23.2 Å². The monoisotopic (exact) mass is 191 g/mol. The molecule has 0 aliphatic carbocycles. The second-order valence-corrected chi connectivity index (χ2v) is 2.86. The average molecular weight is 192 g/mol. The van der Waals surface area contributed by atoms with Crippen LogP contribution in [0.25, 0.3) is 0 Å². The van der Waals surface area contributed by atoms with E-state index in [1.54, 1.807) is 24.3 Å². The van der Waals surface area contributed by atoms with Crippen molar-refractivity contribution < 1.29 is 5.21 Å². The van der Waals surface area contributed by atoms with Crippen LogP contribution < -0.4 is 5.48 Å². The number of halogens is 2. The Kier molecular flexibility index (Phi) is 3.15. The number of hydrogen-bond acceptors (Lipinski definition) is 2. The Morgan fingerprint density at radius 3 is 2.55 bits per heavy atom. The van der Waals surface area contributed by atoms with Crippen molar-refractivity contribution in [3.05, 3.63) is 34.9 Å². The number of hydroxylamine groups is 1. The van der Waals surface area contributed by atoms with Crippen molar-refractivity contribution in [2.75, 3.05) is 0 Å². The molecule has 0 aliphatic heterocycles. The Hall–Kier alpha value is -0.280. The van der Waals surface area contributed by atoms with Crippen molar-refractivity contribution in [2.45, 2.75) is 5.50 Å². The van der Waals surface area contributed by atoms with E-state index < -0.39 is 5.50 Å². The molecule has 1 aromatic rings. The summed E-state index contributed by atoms with van der Waals surface area (Å²) in [6, 6.07) is 7.05. The van der Waals surface area contributed by atoms with Gasteiger partial charge in [0.2, 0.25) is 0 Å². The van der Waals surface area contributed by atoms with Crippen LogP contribution in [0.4, 0.5) is 0 Å². The first kappa shape index (κ1) is 8.81. The first-order chi connectivity index (χ1) is 5.25. The van der Waals surface area contributed by atoms with Crippen LogP contribution in [0.1, 0.15) is 11.1 Å². The molecule has 1 aromatic carbocycles. The summed E-state index contributed by atoms with van der Waals surface area (Å²) in [5, 5.41) is 9.01. The minimum atomic E-state index is -0.649. The normalized spacial score (nSPS) is 13.0. The van der Waals surface area contributed by atoms with Gasteiger partial charge in [0.05, 0.1) is 0 Å². The molecule has 0 spiro atoms. The van der Waals surface area contributed by atoms with E-state index in [4.69, 9.17) is 28.4 Å². The smallest absolute Gasteiger partial charge is 0.132 e. The van der Waals surface area contributed by atoms with Crippen LogP contribution in [-0.4, -0.2) is 5.21 Å². The third-order valence-electron chi connectivity index (χ3n) is 1.29. The highest BCUT2D eigenvalue weighted by atomic mass is 35.5. The molecular weight excluding hydrogens is 185 g/mol. The van der Waals surface area contributed by atoms with Crippen LogP contribution in [0.15, 0.2) is 24.3 Å². The average Bonchev–Trinajstić information content (AvgIpc) is 2.04. The zero-order valence-electron chi connectivity index (χ0n) is 5.59. The summed E-state index contributed by atoms with van der Waals surface area (Å²) in [4.78, 5) is 0. The molecule has 1 rings (SSSR count). The van der Waals surface area contributed by atoms with E-state index in [9.17, 15) is 0 Å². The number of nitrogens with one attached hydrogen (secondary N) is 1. The number of alkyl halides is 1. The Morgan fingerprint density at radius 2 is 2.00 bits per heavy atom. The van der Waals surface area contributed by atoms with Gasteiger partial charge in [0.25, 0.3) is 0 Å². The maximum Gasteiger partial charge on any atom is 0.132 e. The van der Waals surface area contributed by atoms with E-state index in [-0.39, 0.29) is 0 Å². The minimum absolute atomic E-state index is 0.536. The third kappa shape index (κ3) is 2.07. The highest BCUT2D eigenvalue weighted by Crippen LogP contribution is 2.24. The van der Waals surface area contributed by atoms with Crippen LogP contribution >= 0.6 is 23.2 Å². The number of hydrogen-bond donors (Lipinski definition) is 2. The zero-order chi connectivity index (χ0) is 8.27. The first-order valence-corrected chi connectivity index (χ1v) is 3.85. The lowest BCUT2D eigenvalue weighted by Gasteiger charge is -2.07. The molecule has 0 aromatic heterocycles. The third-order valence-corrected chi connectivity index (χ3v) is 1.97. The zero-order valence-corrected chi connectivity index (χ0v) is 7.10. The highest BCUT2D eigenvalue weighted by molar-refractivity contribution is 6.32. The Bertz CT molecular complexity index is 242. The molecule has 0 amide bonds. The molecule has 0 radical (unpaired) electrons. The molecule has 4 heteroatoms. The van der Waals surface area contributed by atoms with E-state index in [0.29, 0.717) is 10.6 Å². The predicted octanol–water partition coefficient (Wildman–Crippen LogP) is 2.56. The standard InChI is InChI=1S/C7H7Cl2NO/c8-6-4-2-1-3-5(6)7(9)10-11/h1-4,7,10-11H. The van der Waals surface area contributed by atoms with Gasteiger partial charge in [-0.25, -0.2) is 0 Å². The molecular formula is C7H7Cl2NO. The fraction of sp³-hybridized carbons (Fsp3) is 0.143. The van der Waals surface area contributed by atoms with Crippen LogP contribution in [0.2, 0.25) is 5.02 Å². The Balaban J connectivity index is 2.93. The van der Waals surface area contributed by atoms with E-state index >= 15 is 0 Å². The van der Waals surface area contributed by atoms with Crippen LogP contribution in [0.3, 0.4) is 0 Å². The van der Waals surface area contributed by atoms with Gasteiger partial charge in [0, 0.05) is 10.6 Å². The van der Waals surface area contributed by atoms with Gasteiger partial charge in [-0.2, -0.15) is 5.48 Å². The van der Waals surface area contributed by atoms with Gasteiger partial charge >= 0.3 is 0 Å².